The van der Waals surface area contributed by atoms with Gasteiger partial charge in [0.1, 0.15) is 11.5 Å². The topological polar surface area (TPSA) is 92.8 Å². The fourth-order valence-corrected chi connectivity index (χ4v) is 5.83. The Labute approximate surface area is 185 Å². The number of anilines is 2. The molecule has 3 rings (SSSR count). The molecule has 0 bridgehead atoms. The lowest BCUT2D eigenvalue weighted by Gasteiger charge is -2.24. The van der Waals surface area contributed by atoms with Gasteiger partial charge >= 0.3 is 5.97 Å². The van der Waals surface area contributed by atoms with E-state index >= 15 is 0 Å². The standard InChI is InChI=1S/C20H23ClN2O5S2/c1-4-28-20(25)18-13-7-5-10-16(13)29-19(18)22-17(24)11-23(30(3,26)27)15-9-6-8-14(21)12(15)2/h6,8-9H,4-5,7,10-11H2,1-3H3,(H,22,24). The van der Waals surface area contributed by atoms with Gasteiger partial charge in [-0.1, -0.05) is 17.7 Å². The van der Waals surface area contributed by atoms with Gasteiger partial charge in [-0.2, -0.15) is 0 Å². The lowest BCUT2D eigenvalue weighted by molar-refractivity contribution is -0.114. The zero-order valence-electron chi connectivity index (χ0n) is 17.0. The molecule has 1 aromatic carbocycles. The summed E-state index contributed by atoms with van der Waals surface area (Å²) in [6, 6.07) is 4.88. The van der Waals surface area contributed by atoms with Crippen LogP contribution in [-0.2, 0) is 32.4 Å². The van der Waals surface area contributed by atoms with E-state index < -0.39 is 28.4 Å². The van der Waals surface area contributed by atoms with Gasteiger partial charge in [0.05, 0.1) is 24.1 Å². The highest BCUT2D eigenvalue weighted by atomic mass is 35.5. The Bertz CT molecular complexity index is 1090. The Hall–Kier alpha value is -2.10. The van der Waals surface area contributed by atoms with Crippen LogP contribution in [0.1, 0.15) is 39.7 Å². The third kappa shape index (κ3) is 4.63. The first-order chi connectivity index (χ1) is 14.1. The predicted molar refractivity (Wildman–Crippen MR) is 119 cm³/mol. The van der Waals surface area contributed by atoms with Gasteiger partial charge in [0, 0.05) is 9.90 Å². The average Bonchev–Trinajstić information content (AvgIpc) is 3.22. The summed E-state index contributed by atoms with van der Waals surface area (Å²) in [5.74, 6) is -1.02. The molecule has 2 aromatic rings. The molecule has 10 heteroatoms. The molecule has 1 aliphatic carbocycles. The summed E-state index contributed by atoms with van der Waals surface area (Å²) in [7, 11) is -3.75. The number of nitrogens with one attached hydrogen (secondary N) is 1. The fraction of sp³-hybridized carbons (Fsp3) is 0.400. The molecule has 0 atom stereocenters. The Morgan fingerprint density at radius 1 is 1.30 bits per heavy atom. The third-order valence-electron chi connectivity index (χ3n) is 4.85. The molecule has 0 unspecified atom stereocenters. The molecule has 1 amide bonds. The number of rotatable bonds is 7. The summed E-state index contributed by atoms with van der Waals surface area (Å²) < 4.78 is 30.9. The molecular formula is C20H23ClN2O5S2. The maximum Gasteiger partial charge on any atom is 0.341 e. The van der Waals surface area contributed by atoms with E-state index in [1.165, 1.54) is 11.3 Å². The highest BCUT2D eigenvalue weighted by Crippen LogP contribution is 2.39. The van der Waals surface area contributed by atoms with Crippen LogP contribution in [0.4, 0.5) is 10.7 Å². The van der Waals surface area contributed by atoms with Gasteiger partial charge in [-0.25, -0.2) is 13.2 Å². The number of fused-ring (bicyclic) bond motifs is 1. The molecule has 162 valence electrons. The zero-order chi connectivity index (χ0) is 22.1. The number of carbonyl (C=O) groups is 2. The van der Waals surface area contributed by atoms with Crippen molar-refractivity contribution in [3.05, 3.63) is 44.8 Å². The Balaban J connectivity index is 1.89. The molecular weight excluding hydrogens is 448 g/mol. The van der Waals surface area contributed by atoms with Crippen LogP contribution in [0.3, 0.4) is 0 Å². The lowest BCUT2D eigenvalue weighted by atomic mass is 10.1. The molecule has 0 aliphatic heterocycles. The zero-order valence-corrected chi connectivity index (χ0v) is 19.3. The van der Waals surface area contributed by atoms with Crippen LogP contribution < -0.4 is 9.62 Å². The maximum absolute atomic E-state index is 12.8. The molecule has 1 N–H and O–H groups in total. The quantitative estimate of drug-likeness (QED) is 0.621. The average molecular weight is 471 g/mol. The van der Waals surface area contributed by atoms with Crippen molar-refractivity contribution in [2.45, 2.75) is 33.1 Å². The fourth-order valence-electron chi connectivity index (χ4n) is 3.46. The second-order valence-corrected chi connectivity index (χ2v) is 10.4. The molecule has 1 aliphatic rings. The lowest BCUT2D eigenvalue weighted by Crippen LogP contribution is -2.38. The number of aryl methyl sites for hydroxylation is 1. The number of ether oxygens (including phenoxy) is 1. The van der Waals surface area contributed by atoms with Gasteiger partial charge in [-0.05, 0) is 56.4 Å². The van der Waals surface area contributed by atoms with Gasteiger partial charge in [0.2, 0.25) is 15.9 Å². The van der Waals surface area contributed by atoms with Gasteiger partial charge in [0.25, 0.3) is 0 Å². The van der Waals surface area contributed by atoms with Crippen LogP contribution in [0.2, 0.25) is 5.02 Å². The molecule has 1 heterocycles. The minimum atomic E-state index is -3.75. The minimum Gasteiger partial charge on any atom is -0.462 e. The summed E-state index contributed by atoms with van der Waals surface area (Å²) in [6.45, 7) is 3.20. The van der Waals surface area contributed by atoms with Crippen molar-refractivity contribution in [3.8, 4) is 0 Å². The first-order valence-corrected chi connectivity index (χ1v) is 12.5. The van der Waals surface area contributed by atoms with E-state index in [9.17, 15) is 18.0 Å². The number of nitrogens with zero attached hydrogens (tertiary/aromatic N) is 1. The Morgan fingerprint density at radius 3 is 2.70 bits per heavy atom. The van der Waals surface area contributed by atoms with Crippen molar-refractivity contribution in [2.24, 2.45) is 0 Å². The number of benzene rings is 1. The largest absolute Gasteiger partial charge is 0.462 e. The smallest absolute Gasteiger partial charge is 0.341 e. The van der Waals surface area contributed by atoms with Gasteiger partial charge in [-0.15, -0.1) is 11.3 Å². The second kappa shape index (κ2) is 8.95. The monoisotopic (exact) mass is 470 g/mol. The molecule has 0 radical (unpaired) electrons. The second-order valence-electron chi connectivity index (χ2n) is 6.98. The summed E-state index contributed by atoms with van der Waals surface area (Å²) >= 11 is 7.48. The number of esters is 1. The van der Waals surface area contributed by atoms with Crippen LogP contribution in [0.15, 0.2) is 18.2 Å². The van der Waals surface area contributed by atoms with Crippen molar-refractivity contribution >= 4 is 55.5 Å². The number of amides is 1. The van der Waals surface area contributed by atoms with Crippen LogP contribution in [0.25, 0.3) is 0 Å². The number of carbonyl (C=O) groups excluding carboxylic acids is 2. The van der Waals surface area contributed by atoms with E-state index in [-0.39, 0.29) is 6.61 Å². The van der Waals surface area contributed by atoms with Crippen molar-refractivity contribution in [1.82, 2.24) is 0 Å². The van der Waals surface area contributed by atoms with Crippen molar-refractivity contribution in [2.75, 3.05) is 29.0 Å². The number of hydrogen-bond donors (Lipinski definition) is 1. The van der Waals surface area contributed by atoms with E-state index in [1.807, 2.05) is 0 Å². The van der Waals surface area contributed by atoms with E-state index in [1.54, 1.807) is 32.0 Å². The molecule has 1 aromatic heterocycles. The van der Waals surface area contributed by atoms with Gasteiger partial charge < -0.3 is 10.1 Å². The first kappa shape index (κ1) is 22.6. The van der Waals surface area contributed by atoms with E-state index in [0.717, 1.165) is 40.3 Å². The van der Waals surface area contributed by atoms with E-state index in [4.69, 9.17) is 16.3 Å². The number of sulfonamides is 1. The molecule has 30 heavy (non-hydrogen) atoms. The third-order valence-corrected chi connectivity index (χ3v) is 7.59. The van der Waals surface area contributed by atoms with Crippen molar-refractivity contribution in [1.29, 1.82) is 0 Å². The van der Waals surface area contributed by atoms with Crippen LogP contribution in [0, 0.1) is 6.92 Å². The Morgan fingerprint density at radius 2 is 2.03 bits per heavy atom. The number of thiophene rings is 1. The summed E-state index contributed by atoms with van der Waals surface area (Å²) in [4.78, 5) is 26.3. The number of halogens is 1. The van der Waals surface area contributed by atoms with E-state index in [2.05, 4.69) is 5.32 Å². The highest BCUT2D eigenvalue weighted by Gasteiger charge is 2.29. The summed E-state index contributed by atoms with van der Waals surface area (Å²) in [6.07, 6.45) is 3.59. The number of hydrogen-bond acceptors (Lipinski definition) is 6. The van der Waals surface area contributed by atoms with E-state index in [0.29, 0.717) is 26.8 Å². The SMILES string of the molecule is CCOC(=O)c1c(NC(=O)CN(c2cccc(Cl)c2C)S(C)(=O)=O)sc2c1CCC2. The normalized spacial score (nSPS) is 13.1. The minimum absolute atomic E-state index is 0.229. The first-order valence-electron chi connectivity index (χ1n) is 9.47. The van der Waals surface area contributed by atoms with Crippen LogP contribution in [0.5, 0.6) is 0 Å². The predicted octanol–water partition coefficient (Wildman–Crippen LogP) is 3.78. The summed E-state index contributed by atoms with van der Waals surface area (Å²) in [5, 5.41) is 3.53. The molecule has 0 fully saturated rings. The Kier molecular flexibility index (Phi) is 6.74. The molecule has 7 nitrogen and oxygen atoms in total. The highest BCUT2D eigenvalue weighted by molar-refractivity contribution is 7.92. The molecule has 0 saturated heterocycles. The molecule has 0 saturated carbocycles. The van der Waals surface area contributed by atoms with Crippen molar-refractivity contribution in [3.63, 3.8) is 0 Å². The summed E-state index contributed by atoms with van der Waals surface area (Å²) in [5.41, 5.74) is 2.19. The van der Waals surface area contributed by atoms with Crippen LogP contribution >= 0.6 is 22.9 Å². The van der Waals surface area contributed by atoms with Gasteiger partial charge in [-0.3, -0.25) is 9.10 Å². The van der Waals surface area contributed by atoms with Crippen molar-refractivity contribution < 1.29 is 22.7 Å². The molecule has 0 spiro atoms. The van der Waals surface area contributed by atoms with Crippen LogP contribution in [-0.4, -0.2) is 39.7 Å². The maximum atomic E-state index is 12.8. The van der Waals surface area contributed by atoms with Gasteiger partial charge in [0.15, 0.2) is 0 Å².